The highest BCUT2D eigenvalue weighted by Crippen LogP contribution is 2.39. The lowest BCUT2D eigenvalue weighted by Crippen LogP contribution is -2.27. The van der Waals surface area contributed by atoms with Gasteiger partial charge in [0.1, 0.15) is 5.75 Å². The molecule has 0 N–H and O–H groups in total. The Morgan fingerprint density at radius 3 is 2.53 bits per heavy atom. The molecule has 2 aromatic carbocycles. The van der Waals surface area contributed by atoms with Gasteiger partial charge >= 0.3 is 5.69 Å². The van der Waals surface area contributed by atoms with E-state index in [0.29, 0.717) is 32.0 Å². The summed E-state index contributed by atoms with van der Waals surface area (Å²) in [6.07, 6.45) is 3.09. The van der Waals surface area contributed by atoms with Crippen molar-refractivity contribution in [1.29, 1.82) is 0 Å². The van der Waals surface area contributed by atoms with E-state index in [4.69, 9.17) is 26.4 Å². The number of rotatable bonds is 7. The number of carbonyl (C=O) groups is 1. The summed E-state index contributed by atoms with van der Waals surface area (Å²) >= 11 is 6.61. The fourth-order valence-corrected chi connectivity index (χ4v) is 4.43. The lowest BCUT2D eigenvalue weighted by atomic mass is 10.1. The van der Waals surface area contributed by atoms with Crippen LogP contribution < -0.4 is 19.1 Å². The maximum Gasteiger partial charge on any atom is 0.331 e. The number of anilines is 1. The molecule has 0 unspecified atom stereocenters. The number of carbonyl (C=O) groups excluding carboxylic acids is 1. The van der Waals surface area contributed by atoms with Gasteiger partial charge in [-0.05, 0) is 54.1 Å². The third kappa shape index (κ3) is 4.70. The van der Waals surface area contributed by atoms with E-state index in [2.05, 4.69) is 4.98 Å². The number of hydrogen-bond donors (Lipinski definition) is 0. The number of aromatic nitrogens is 1. The van der Waals surface area contributed by atoms with Crippen molar-refractivity contribution in [3.63, 3.8) is 0 Å². The van der Waals surface area contributed by atoms with Gasteiger partial charge in [-0.25, -0.2) is 4.98 Å². The molecule has 1 aliphatic rings. The van der Waals surface area contributed by atoms with Crippen molar-refractivity contribution < 1.29 is 23.9 Å². The van der Waals surface area contributed by atoms with E-state index in [0.717, 1.165) is 0 Å². The SMILES string of the molecule is COc1ccc(N2C(=O)/C(=C\c3ccc(Oc4ncccc4[N+](=O)[O-])c(OC)c3)SC2=S)cc1. The fraction of sp³-hybridized carbons (Fsp3) is 0.0870. The monoisotopic (exact) mass is 495 g/mol. The van der Waals surface area contributed by atoms with Gasteiger partial charge in [-0.3, -0.25) is 19.8 Å². The predicted octanol–water partition coefficient (Wildman–Crippen LogP) is 5.21. The first-order valence-corrected chi connectivity index (χ1v) is 11.0. The number of hydrogen-bond acceptors (Lipinski definition) is 9. The molecule has 0 bridgehead atoms. The van der Waals surface area contributed by atoms with Crippen LogP contribution in [0.3, 0.4) is 0 Å². The molecule has 11 heteroatoms. The first-order valence-electron chi connectivity index (χ1n) is 9.78. The fourth-order valence-electron chi connectivity index (χ4n) is 3.14. The summed E-state index contributed by atoms with van der Waals surface area (Å²) in [5.41, 5.74) is 1.04. The zero-order valence-corrected chi connectivity index (χ0v) is 19.6. The Hall–Kier alpha value is -3.96. The Morgan fingerprint density at radius 1 is 1.09 bits per heavy atom. The summed E-state index contributed by atoms with van der Waals surface area (Å²) in [5, 5.41) is 11.2. The lowest BCUT2D eigenvalue weighted by molar-refractivity contribution is -0.386. The quantitative estimate of drug-likeness (QED) is 0.189. The molecule has 0 spiro atoms. The molecular weight excluding hydrogens is 478 g/mol. The maximum absolute atomic E-state index is 13.0. The molecular formula is C23H17N3O6S2. The van der Waals surface area contributed by atoms with Crippen LogP contribution in [0.25, 0.3) is 6.08 Å². The van der Waals surface area contributed by atoms with E-state index in [1.54, 1.807) is 55.7 Å². The highest BCUT2D eigenvalue weighted by molar-refractivity contribution is 8.27. The van der Waals surface area contributed by atoms with Crippen LogP contribution >= 0.6 is 24.0 Å². The van der Waals surface area contributed by atoms with Crippen molar-refractivity contribution in [3.8, 4) is 23.1 Å². The summed E-state index contributed by atoms with van der Waals surface area (Å²) in [4.78, 5) is 29.5. The molecule has 172 valence electrons. The van der Waals surface area contributed by atoms with Crippen LogP contribution in [0.2, 0.25) is 0 Å². The summed E-state index contributed by atoms with van der Waals surface area (Å²) in [6.45, 7) is 0. The van der Waals surface area contributed by atoms with Crippen LogP contribution in [0.5, 0.6) is 23.1 Å². The number of methoxy groups -OCH3 is 2. The molecule has 1 aromatic heterocycles. The van der Waals surface area contributed by atoms with Crippen molar-refractivity contribution in [1.82, 2.24) is 4.98 Å². The molecule has 1 amide bonds. The summed E-state index contributed by atoms with van der Waals surface area (Å²) in [7, 11) is 3.02. The largest absolute Gasteiger partial charge is 0.497 e. The van der Waals surface area contributed by atoms with Gasteiger partial charge in [0.25, 0.3) is 11.8 Å². The van der Waals surface area contributed by atoms with E-state index in [-0.39, 0.29) is 23.2 Å². The molecule has 0 aliphatic carbocycles. The molecule has 9 nitrogen and oxygen atoms in total. The molecule has 34 heavy (non-hydrogen) atoms. The van der Waals surface area contributed by atoms with Crippen LogP contribution in [0.1, 0.15) is 5.56 Å². The minimum Gasteiger partial charge on any atom is -0.497 e. The molecule has 1 saturated heterocycles. The number of ether oxygens (including phenoxy) is 3. The van der Waals surface area contributed by atoms with Gasteiger partial charge in [0, 0.05) is 12.3 Å². The summed E-state index contributed by atoms with van der Waals surface area (Å²) in [6, 6.07) is 14.7. The first-order chi connectivity index (χ1) is 16.4. The average Bonchev–Trinajstić information content (AvgIpc) is 3.12. The minimum absolute atomic E-state index is 0.154. The first kappa shape index (κ1) is 23.2. The molecule has 0 radical (unpaired) electrons. The molecule has 0 saturated carbocycles. The second kappa shape index (κ2) is 9.89. The van der Waals surface area contributed by atoms with Crippen molar-refractivity contribution in [2.75, 3.05) is 19.1 Å². The van der Waals surface area contributed by atoms with Gasteiger partial charge in [0.05, 0.1) is 29.7 Å². The molecule has 1 fully saturated rings. The van der Waals surface area contributed by atoms with Crippen molar-refractivity contribution in [2.45, 2.75) is 0 Å². The zero-order chi connectivity index (χ0) is 24.2. The number of nitrogens with zero attached hydrogens (tertiary/aromatic N) is 3. The topological polar surface area (TPSA) is 104 Å². The Kier molecular flexibility index (Phi) is 6.75. The Balaban J connectivity index is 1.59. The molecule has 2 heterocycles. The van der Waals surface area contributed by atoms with Gasteiger partial charge in [-0.15, -0.1) is 0 Å². The molecule has 1 aliphatic heterocycles. The van der Waals surface area contributed by atoms with Crippen LogP contribution in [0.4, 0.5) is 11.4 Å². The molecule has 4 rings (SSSR count). The van der Waals surface area contributed by atoms with E-state index < -0.39 is 4.92 Å². The highest BCUT2D eigenvalue weighted by Gasteiger charge is 2.33. The van der Waals surface area contributed by atoms with E-state index in [1.807, 2.05) is 0 Å². The van der Waals surface area contributed by atoms with E-state index in [9.17, 15) is 14.9 Å². The van der Waals surface area contributed by atoms with Crippen LogP contribution in [-0.4, -0.2) is 34.4 Å². The second-order valence-electron chi connectivity index (χ2n) is 6.81. The second-order valence-corrected chi connectivity index (χ2v) is 8.49. The predicted molar refractivity (Wildman–Crippen MR) is 133 cm³/mol. The third-order valence-electron chi connectivity index (χ3n) is 4.76. The van der Waals surface area contributed by atoms with Crippen LogP contribution in [0.15, 0.2) is 65.7 Å². The Morgan fingerprint density at radius 2 is 1.85 bits per heavy atom. The Labute approximate surface area is 204 Å². The number of amides is 1. The van der Waals surface area contributed by atoms with Gasteiger partial charge in [-0.2, -0.15) is 0 Å². The van der Waals surface area contributed by atoms with Crippen molar-refractivity contribution in [3.05, 3.63) is 81.4 Å². The van der Waals surface area contributed by atoms with Crippen molar-refractivity contribution in [2.24, 2.45) is 0 Å². The summed E-state index contributed by atoms with van der Waals surface area (Å²) < 4.78 is 16.6. The smallest absolute Gasteiger partial charge is 0.331 e. The van der Waals surface area contributed by atoms with Crippen molar-refractivity contribution >= 4 is 51.7 Å². The zero-order valence-electron chi connectivity index (χ0n) is 18.0. The maximum atomic E-state index is 13.0. The summed E-state index contributed by atoms with van der Waals surface area (Å²) in [5.74, 6) is 0.837. The lowest BCUT2D eigenvalue weighted by Gasteiger charge is -2.14. The third-order valence-corrected chi connectivity index (χ3v) is 6.07. The normalized spacial score (nSPS) is 14.4. The van der Waals surface area contributed by atoms with Gasteiger partial charge in [-0.1, -0.05) is 30.0 Å². The number of nitro groups is 1. The van der Waals surface area contributed by atoms with Crippen LogP contribution in [0, 0.1) is 10.1 Å². The van der Waals surface area contributed by atoms with Crippen LogP contribution in [-0.2, 0) is 4.79 Å². The number of benzene rings is 2. The minimum atomic E-state index is -0.575. The van der Waals surface area contributed by atoms with Gasteiger partial charge < -0.3 is 14.2 Å². The van der Waals surface area contributed by atoms with Gasteiger partial charge in [0.2, 0.25) is 0 Å². The Bertz CT molecular complexity index is 1310. The highest BCUT2D eigenvalue weighted by atomic mass is 32.2. The molecule has 0 atom stereocenters. The number of thioether (sulfide) groups is 1. The standard InChI is InChI=1S/C23H17N3O6S2/c1-30-16-8-6-15(7-9-16)25-22(27)20(34-23(25)33)13-14-5-10-18(19(12-14)31-2)32-21-17(26(28)29)4-3-11-24-21/h3-13H,1-2H3/b20-13+. The van der Waals surface area contributed by atoms with Gasteiger partial charge in [0.15, 0.2) is 15.8 Å². The number of thiocarbonyl (C=S) groups is 1. The number of pyridine rings is 1. The average molecular weight is 496 g/mol. The van der Waals surface area contributed by atoms with E-state index in [1.165, 1.54) is 42.1 Å². The molecule has 3 aromatic rings. The van der Waals surface area contributed by atoms with E-state index >= 15 is 0 Å².